The van der Waals surface area contributed by atoms with Gasteiger partial charge in [-0.05, 0) is 48.4 Å². The number of carbonyl (C=O) groups is 3. The lowest BCUT2D eigenvalue weighted by Gasteiger charge is -2.55. The summed E-state index contributed by atoms with van der Waals surface area (Å²) >= 11 is 6.18. The van der Waals surface area contributed by atoms with Gasteiger partial charge in [-0.3, -0.25) is 14.9 Å². The van der Waals surface area contributed by atoms with E-state index in [1.807, 2.05) is 54.6 Å². The Morgan fingerprint density at radius 3 is 2.40 bits per heavy atom. The number of benzene rings is 3. The van der Waals surface area contributed by atoms with Gasteiger partial charge in [-0.15, -0.1) is 0 Å². The number of nitrogens with one attached hydrogen (secondary N) is 1. The molecule has 0 saturated carbocycles. The second kappa shape index (κ2) is 8.13. The molecule has 3 heterocycles. The van der Waals surface area contributed by atoms with Gasteiger partial charge in [0.1, 0.15) is 0 Å². The number of rotatable bonds is 2. The molecule has 3 aliphatic heterocycles. The van der Waals surface area contributed by atoms with Gasteiger partial charge in [-0.1, -0.05) is 54.1 Å². The fraction of sp³-hybridized carbons (Fsp3) is 0.222. The predicted octanol–water partition coefficient (Wildman–Crippen LogP) is 3.86. The van der Waals surface area contributed by atoms with Gasteiger partial charge in [0, 0.05) is 36.0 Å². The molecule has 0 unspecified atom stereocenters. The Balaban J connectivity index is 1.49. The van der Waals surface area contributed by atoms with E-state index in [-0.39, 0.29) is 6.42 Å². The number of para-hydroxylation sites is 2. The van der Waals surface area contributed by atoms with Gasteiger partial charge >= 0.3 is 6.03 Å². The Hall–Kier alpha value is -3.84. The number of amides is 4. The van der Waals surface area contributed by atoms with Gasteiger partial charge in [-0.2, -0.15) is 0 Å². The van der Waals surface area contributed by atoms with E-state index in [9.17, 15) is 14.4 Å². The van der Waals surface area contributed by atoms with Gasteiger partial charge in [0.2, 0.25) is 5.91 Å². The van der Waals surface area contributed by atoms with E-state index in [2.05, 4.69) is 15.1 Å². The van der Waals surface area contributed by atoms with Crippen LogP contribution in [0, 0.1) is 5.41 Å². The summed E-state index contributed by atoms with van der Waals surface area (Å²) in [6, 6.07) is 23.2. The van der Waals surface area contributed by atoms with Gasteiger partial charge in [0.25, 0.3) is 5.91 Å². The normalized spacial score (nSPS) is 23.7. The van der Waals surface area contributed by atoms with Crippen molar-refractivity contribution in [1.82, 2.24) is 5.32 Å². The average molecular weight is 487 g/mol. The topological polar surface area (TPSA) is 73.0 Å². The van der Waals surface area contributed by atoms with Crippen LogP contribution in [0.25, 0.3) is 0 Å². The van der Waals surface area contributed by atoms with Crippen LogP contribution in [0.15, 0.2) is 78.9 Å². The first-order valence-corrected chi connectivity index (χ1v) is 12.0. The lowest BCUT2D eigenvalue weighted by molar-refractivity contribution is -0.144. The number of anilines is 3. The summed E-state index contributed by atoms with van der Waals surface area (Å²) in [5, 5.41) is 2.90. The molecule has 2 saturated heterocycles. The van der Waals surface area contributed by atoms with Crippen LogP contribution in [0.2, 0.25) is 5.02 Å². The van der Waals surface area contributed by atoms with E-state index in [4.69, 9.17) is 11.6 Å². The molecule has 0 bridgehead atoms. The van der Waals surface area contributed by atoms with Crippen LogP contribution in [0.4, 0.5) is 21.9 Å². The van der Waals surface area contributed by atoms with Crippen LogP contribution in [0.3, 0.4) is 0 Å². The monoisotopic (exact) mass is 486 g/mol. The molecule has 0 aromatic heterocycles. The van der Waals surface area contributed by atoms with Crippen molar-refractivity contribution in [3.8, 4) is 0 Å². The van der Waals surface area contributed by atoms with Crippen molar-refractivity contribution in [2.75, 3.05) is 34.3 Å². The summed E-state index contributed by atoms with van der Waals surface area (Å²) in [6.07, 6.45) is 0.210. The Morgan fingerprint density at radius 2 is 1.60 bits per heavy atom. The molecule has 176 valence electrons. The highest BCUT2D eigenvalue weighted by molar-refractivity contribution is 6.33. The molecule has 1 N–H and O–H groups in total. The van der Waals surface area contributed by atoms with E-state index in [0.29, 0.717) is 23.8 Å². The Bertz CT molecular complexity index is 1350. The molecular formula is C27H23ClN4O3. The fourth-order valence-electron chi connectivity index (χ4n) is 5.68. The first kappa shape index (κ1) is 21.7. The zero-order valence-electron chi connectivity index (χ0n) is 18.9. The maximum atomic E-state index is 14.3. The fourth-order valence-corrected chi connectivity index (χ4v) is 5.86. The van der Waals surface area contributed by atoms with E-state index >= 15 is 0 Å². The van der Waals surface area contributed by atoms with E-state index < -0.39 is 29.3 Å². The minimum absolute atomic E-state index is 0.210. The number of carbonyl (C=O) groups excluding carboxylic acids is 3. The highest BCUT2D eigenvalue weighted by atomic mass is 35.5. The average Bonchev–Trinajstić information content (AvgIpc) is 2.87. The number of nitrogens with zero attached hydrogens (tertiary/aromatic N) is 3. The second-order valence-corrected chi connectivity index (χ2v) is 9.58. The predicted molar refractivity (Wildman–Crippen MR) is 135 cm³/mol. The third-order valence-corrected chi connectivity index (χ3v) is 7.56. The molecule has 4 amide bonds. The van der Waals surface area contributed by atoms with Crippen molar-refractivity contribution in [2.45, 2.75) is 12.5 Å². The maximum Gasteiger partial charge on any atom is 0.335 e. The number of fused-ring (bicyclic) bond motifs is 4. The van der Waals surface area contributed by atoms with Crippen LogP contribution < -0.4 is 20.0 Å². The highest BCUT2D eigenvalue weighted by Crippen LogP contribution is 2.46. The molecule has 0 aliphatic carbocycles. The molecule has 3 aliphatic rings. The van der Waals surface area contributed by atoms with Crippen LogP contribution in [-0.4, -0.2) is 43.5 Å². The first-order chi connectivity index (χ1) is 17.0. The molecule has 8 heteroatoms. The molecule has 0 radical (unpaired) electrons. The molecule has 7 nitrogen and oxygen atoms in total. The largest absolute Gasteiger partial charge is 0.368 e. The van der Waals surface area contributed by atoms with Crippen LogP contribution in [0.1, 0.15) is 5.56 Å². The number of piperazine rings is 1. The number of hydrogen-bond acceptors (Lipinski definition) is 5. The Morgan fingerprint density at radius 1 is 0.857 bits per heavy atom. The number of halogens is 1. The number of imide groups is 2. The lowest BCUT2D eigenvalue weighted by atomic mass is 9.67. The van der Waals surface area contributed by atoms with Crippen molar-refractivity contribution < 1.29 is 14.4 Å². The molecule has 35 heavy (non-hydrogen) atoms. The van der Waals surface area contributed by atoms with E-state index in [1.54, 1.807) is 24.3 Å². The van der Waals surface area contributed by atoms with E-state index in [1.165, 1.54) is 0 Å². The van der Waals surface area contributed by atoms with Crippen molar-refractivity contribution in [3.63, 3.8) is 0 Å². The number of barbiturate groups is 1. The molecular weight excluding hydrogens is 464 g/mol. The smallest absolute Gasteiger partial charge is 0.335 e. The summed E-state index contributed by atoms with van der Waals surface area (Å²) in [5.74, 6) is -1.07. The minimum Gasteiger partial charge on any atom is -0.368 e. The molecule has 2 fully saturated rings. The Labute approximate surface area is 207 Å². The van der Waals surface area contributed by atoms with Crippen LogP contribution >= 0.6 is 11.6 Å². The van der Waals surface area contributed by atoms with Crippen molar-refractivity contribution in [3.05, 3.63) is 89.4 Å². The van der Waals surface area contributed by atoms with Crippen LogP contribution in [0.5, 0.6) is 0 Å². The van der Waals surface area contributed by atoms with E-state index in [0.717, 1.165) is 28.4 Å². The summed E-state index contributed by atoms with van der Waals surface area (Å²) in [7, 11) is 0. The minimum atomic E-state index is -1.47. The Kier molecular flexibility index (Phi) is 5.04. The zero-order chi connectivity index (χ0) is 24.2. The van der Waals surface area contributed by atoms with Gasteiger partial charge in [0.05, 0.1) is 11.7 Å². The standard InChI is InChI=1S/C27H23ClN4O3/c28-19-8-6-11-21(15-19)32-25(34)27(24(33)29-26(32)35)16-18-7-4-5-12-22(18)31-14-13-30(17-23(27)31)20-9-2-1-3-10-20/h1-12,15,23H,13-14,16-17H2,(H,29,33,35)/t23-,27+/m0/s1. The highest BCUT2D eigenvalue weighted by Gasteiger charge is 2.63. The molecule has 1 spiro atoms. The third-order valence-electron chi connectivity index (χ3n) is 7.32. The quantitative estimate of drug-likeness (QED) is 0.557. The van der Waals surface area contributed by atoms with Crippen molar-refractivity contribution in [1.29, 1.82) is 0 Å². The van der Waals surface area contributed by atoms with Crippen molar-refractivity contribution in [2.24, 2.45) is 5.41 Å². The summed E-state index contributed by atoms with van der Waals surface area (Å²) in [5.41, 5.74) is 1.85. The van der Waals surface area contributed by atoms with Gasteiger partial charge in [0.15, 0.2) is 5.41 Å². The van der Waals surface area contributed by atoms with Crippen LogP contribution in [-0.2, 0) is 16.0 Å². The third kappa shape index (κ3) is 3.30. The molecule has 2 atom stereocenters. The summed E-state index contributed by atoms with van der Waals surface area (Å²) in [4.78, 5) is 46.4. The summed E-state index contributed by atoms with van der Waals surface area (Å²) in [6.45, 7) is 1.86. The number of hydrogen-bond donors (Lipinski definition) is 1. The second-order valence-electron chi connectivity index (χ2n) is 9.15. The summed E-state index contributed by atoms with van der Waals surface area (Å²) < 4.78 is 0. The lowest BCUT2D eigenvalue weighted by Crippen LogP contribution is -2.75. The molecule has 3 aromatic carbocycles. The molecule has 3 aromatic rings. The SMILES string of the molecule is O=C1NC(=O)[C@]2(Cc3ccccc3N3CCN(c4ccccc4)C[C@H]32)C(=O)N1c1cccc(Cl)c1. The van der Waals surface area contributed by atoms with Crippen molar-refractivity contribution >= 4 is 46.5 Å². The number of urea groups is 1. The first-order valence-electron chi connectivity index (χ1n) is 11.6. The zero-order valence-corrected chi connectivity index (χ0v) is 19.6. The maximum absolute atomic E-state index is 14.3. The van der Waals surface area contributed by atoms with Gasteiger partial charge < -0.3 is 9.80 Å². The molecule has 6 rings (SSSR count). The van der Waals surface area contributed by atoms with Gasteiger partial charge in [-0.25, -0.2) is 9.69 Å².